The number of imide groups is 1. The molecule has 2 aromatic heterocycles. The number of amides is 3. The van der Waals surface area contributed by atoms with Gasteiger partial charge >= 0.3 is 6.18 Å². The average Bonchev–Trinajstić information content (AvgIpc) is 3.30. The topological polar surface area (TPSA) is 104 Å². The fraction of sp³-hybridized carbons (Fsp3) is 0.667. The van der Waals surface area contributed by atoms with Crippen LogP contribution in [0, 0.1) is 5.92 Å². The van der Waals surface area contributed by atoms with Gasteiger partial charge in [-0.25, -0.2) is 13.8 Å². The number of furan rings is 1. The summed E-state index contributed by atoms with van der Waals surface area (Å²) < 4.78 is 72.8. The first-order valence-electron chi connectivity index (χ1n) is 14.4. The summed E-state index contributed by atoms with van der Waals surface area (Å²) in [5.74, 6) is -6.28. The minimum atomic E-state index is -4.88. The predicted molar refractivity (Wildman–Crippen MR) is 144 cm³/mol. The normalized spacial score (nSPS) is 26.5. The maximum atomic E-state index is 13.8. The quantitative estimate of drug-likeness (QED) is 0.351. The fourth-order valence-corrected chi connectivity index (χ4v) is 6.36. The molecule has 0 atom stereocenters. The monoisotopic (exact) mass is 613 g/mol. The molecule has 1 saturated heterocycles. The van der Waals surface area contributed by atoms with E-state index in [9.17, 15) is 41.4 Å². The summed E-state index contributed by atoms with van der Waals surface area (Å²) in [5.41, 5.74) is -2.74. The van der Waals surface area contributed by atoms with Crippen molar-refractivity contribution in [3.63, 3.8) is 0 Å². The molecule has 1 N–H and O–H groups in total. The van der Waals surface area contributed by atoms with Crippen molar-refractivity contribution in [2.75, 3.05) is 13.1 Å². The second-order valence-corrected chi connectivity index (χ2v) is 13.7. The van der Waals surface area contributed by atoms with Crippen LogP contribution in [-0.4, -0.2) is 73.9 Å². The van der Waals surface area contributed by atoms with Crippen molar-refractivity contribution in [2.24, 2.45) is 5.92 Å². The number of rotatable bonds is 3. The third-order valence-corrected chi connectivity index (χ3v) is 9.20. The van der Waals surface area contributed by atoms with Gasteiger partial charge in [0.05, 0.1) is 0 Å². The number of hydrogen-bond donors (Lipinski definition) is 1. The molecule has 43 heavy (non-hydrogen) atoms. The van der Waals surface area contributed by atoms with Gasteiger partial charge < -0.3 is 14.4 Å². The van der Waals surface area contributed by atoms with Gasteiger partial charge in [-0.1, -0.05) is 20.8 Å². The smallest absolute Gasteiger partial charge is 0.417 e. The number of nitrogens with zero attached hydrogens (tertiary/aromatic N) is 3. The SMILES string of the molecule is CC(C)(C)c1cc(C2CCC(F)(F)CC2)nc2cc(C(=O)N3CCN(C(=O)C4CC(O)(C(F)(F)F)C4)C(=O)C3(C)C)oc12. The molecule has 1 aliphatic heterocycles. The van der Waals surface area contributed by atoms with E-state index in [2.05, 4.69) is 0 Å². The Morgan fingerprint density at radius 2 is 1.65 bits per heavy atom. The van der Waals surface area contributed by atoms with Gasteiger partial charge in [0.1, 0.15) is 11.1 Å². The molecule has 2 aliphatic carbocycles. The van der Waals surface area contributed by atoms with Crippen molar-refractivity contribution in [2.45, 2.75) is 108 Å². The van der Waals surface area contributed by atoms with Crippen LogP contribution < -0.4 is 0 Å². The third-order valence-electron chi connectivity index (χ3n) is 9.20. The second kappa shape index (κ2) is 9.97. The van der Waals surface area contributed by atoms with Crippen LogP contribution in [0.15, 0.2) is 16.5 Å². The first-order valence-corrected chi connectivity index (χ1v) is 14.4. The number of alkyl halides is 5. The number of aromatic nitrogens is 1. The van der Waals surface area contributed by atoms with Gasteiger partial charge in [0.25, 0.3) is 11.8 Å². The van der Waals surface area contributed by atoms with E-state index in [1.54, 1.807) is 0 Å². The lowest BCUT2D eigenvalue weighted by Crippen LogP contribution is -2.67. The Morgan fingerprint density at radius 3 is 2.21 bits per heavy atom. The molecule has 0 unspecified atom stereocenters. The van der Waals surface area contributed by atoms with E-state index in [0.717, 1.165) is 10.5 Å². The fourth-order valence-electron chi connectivity index (χ4n) is 6.36. The lowest BCUT2D eigenvalue weighted by atomic mass is 9.69. The van der Waals surface area contributed by atoms with Gasteiger partial charge in [0, 0.05) is 55.1 Å². The Labute approximate surface area is 245 Å². The number of hydrogen-bond acceptors (Lipinski definition) is 6. The molecule has 0 spiro atoms. The summed E-state index contributed by atoms with van der Waals surface area (Å²) in [5, 5.41) is 9.74. The lowest BCUT2D eigenvalue weighted by Gasteiger charge is -2.48. The maximum Gasteiger partial charge on any atom is 0.417 e. The highest BCUT2D eigenvalue weighted by atomic mass is 19.4. The number of carbonyl (C=O) groups is 3. The van der Waals surface area contributed by atoms with Gasteiger partial charge in [-0.05, 0) is 51.0 Å². The molecule has 236 valence electrons. The molecular formula is C30H36F5N3O5. The van der Waals surface area contributed by atoms with Gasteiger partial charge in [-0.2, -0.15) is 13.2 Å². The zero-order chi connectivity index (χ0) is 31.9. The van der Waals surface area contributed by atoms with Crippen molar-refractivity contribution < 1.29 is 45.9 Å². The Kier molecular flexibility index (Phi) is 7.26. The summed E-state index contributed by atoms with van der Waals surface area (Å²) in [4.78, 5) is 46.9. The molecule has 3 aliphatic rings. The van der Waals surface area contributed by atoms with Crippen LogP contribution in [0.4, 0.5) is 22.0 Å². The van der Waals surface area contributed by atoms with E-state index in [-0.39, 0.29) is 50.5 Å². The molecule has 13 heteroatoms. The Hall–Kier alpha value is -3.09. The van der Waals surface area contributed by atoms with Crippen molar-refractivity contribution in [3.8, 4) is 0 Å². The lowest BCUT2D eigenvalue weighted by molar-refractivity contribution is -0.296. The van der Waals surface area contributed by atoms with Crippen LogP contribution in [0.25, 0.3) is 11.1 Å². The predicted octanol–water partition coefficient (Wildman–Crippen LogP) is 5.71. The van der Waals surface area contributed by atoms with Crippen LogP contribution in [0.3, 0.4) is 0 Å². The Balaban J connectivity index is 1.38. The van der Waals surface area contributed by atoms with E-state index in [1.807, 2.05) is 26.8 Å². The molecule has 0 radical (unpaired) electrons. The van der Waals surface area contributed by atoms with E-state index in [0.29, 0.717) is 16.8 Å². The number of piperazine rings is 1. The highest BCUT2D eigenvalue weighted by Gasteiger charge is 2.64. The van der Waals surface area contributed by atoms with Crippen LogP contribution in [-0.2, 0) is 15.0 Å². The number of carbonyl (C=O) groups excluding carboxylic acids is 3. The molecular weight excluding hydrogens is 577 g/mol. The highest BCUT2D eigenvalue weighted by Crippen LogP contribution is 2.49. The average molecular weight is 614 g/mol. The molecule has 3 fully saturated rings. The third kappa shape index (κ3) is 5.42. The molecule has 0 bridgehead atoms. The van der Waals surface area contributed by atoms with Gasteiger partial charge in [0.15, 0.2) is 16.9 Å². The highest BCUT2D eigenvalue weighted by molar-refractivity contribution is 6.05. The minimum Gasteiger partial charge on any atom is -0.449 e. The molecule has 3 heterocycles. The van der Waals surface area contributed by atoms with Crippen LogP contribution >= 0.6 is 0 Å². The van der Waals surface area contributed by atoms with E-state index in [4.69, 9.17) is 9.40 Å². The number of fused-ring (bicyclic) bond motifs is 1. The van der Waals surface area contributed by atoms with Gasteiger partial charge in [-0.3, -0.25) is 19.3 Å². The summed E-state index contributed by atoms with van der Waals surface area (Å²) in [6.45, 7) is 8.45. The van der Waals surface area contributed by atoms with E-state index >= 15 is 0 Å². The molecule has 8 nitrogen and oxygen atoms in total. The Bertz CT molecular complexity index is 1460. The largest absolute Gasteiger partial charge is 0.449 e. The number of pyridine rings is 1. The zero-order valence-electron chi connectivity index (χ0n) is 24.8. The van der Waals surface area contributed by atoms with Crippen molar-refractivity contribution in [3.05, 3.63) is 29.2 Å². The summed E-state index contributed by atoms with van der Waals surface area (Å²) >= 11 is 0. The van der Waals surface area contributed by atoms with Crippen molar-refractivity contribution in [1.82, 2.24) is 14.8 Å². The first-order chi connectivity index (χ1) is 19.6. The maximum absolute atomic E-state index is 13.8. The minimum absolute atomic E-state index is 0.0856. The van der Waals surface area contributed by atoms with E-state index < -0.39 is 65.1 Å². The number of halogens is 5. The van der Waals surface area contributed by atoms with E-state index in [1.165, 1.54) is 24.8 Å². The molecule has 0 aromatic carbocycles. The van der Waals surface area contributed by atoms with Crippen molar-refractivity contribution >= 4 is 28.8 Å². The molecule has 3 amide bonds. The van der Waals surface area contributed by atoms with Gasteiger partial charge in [0.2, 0.25) is 11.8 Å². The Morgan fingerprint density at radius 1 is 1.05 bits per heavy atom. The van der Waals surface area contributed by atoms with Gasteiger partial charge in [-0.15, -0.1) is 0 Å². The zero-order valence-corrected chi connectivity index (χ0v) is 24.8. The van der Waals surface area contributed by atoms with Crippen LogP contribution in [0.5, 0.6) is 0 Å². The number of aliphatic hydroxyl groups is 1. The molecule has 2 aromatic rings. The second-order valence-electron chi connectivity index (χ2n) is 13.7. The summed E-state index contributed by atoms with van der Waals surface area (Å²) in [7, 11) is 0. The van der Waals surface area contributed by atoms with Crippen LogP contribution in [0.2, 0.25) is 0 Å². The van der Waals surface area contributed by atoms with Crippen molar-refractivity contribution in [1.29, 1.82) is 0 Å². The first kappa shape index (κ1) is 31.3. The summed E-state index contributed by atoms with van der Waals surface area (Å²) in [6.07, 6.45) is -6.40. The molecule has 2 saturated carbocycles. The molecule has 5 rings (SSSR count). The summed E-state index contributed by atoms with van der Waals surface area (Å²) in [6, 6.07) is 3.32. The van der Waals surface area contributed by atoms with Crippen LogP contribution in [0.1, 0.15) is 101 Å². The standard InChI is InChI=1S/C30H36F5N3O5/c1-26(2,3)18-12-19(16-6-8-29(31,32)9-7-16)36-20-13-21(43-22(18)20)24(40)38-11-10-37(25(41)27(38,4)5)23(39)17-14-28(42,15-17)30(33,34)35/h12-13,16-17,42H,6-11,14-15H2,1-5H3.